The molecule has 0 saturated heterocycles. The molecule has 0 aliphatic carbocycles. The smallest absolute Gasteiger partial charge is 0.292 e. The molecule has 5 heteroatoms. The molecular weight excluding hydrogens is 194 g/mol. The van der Waals surface area contributed by atoms with E-state index in [9.17, 15) is 10.1 Å². The SMILES string of the molecule is CC1CNc2c(cccc2[N+](=O)[O-])CN1. The highest BCUT2D eigenvalue weighted by Gasteiger charge is 2.20. The number of para-hydroxylation sites is 1. The molecule has 0 bridgehead atoms. The lowest BCUT2D eigenvalue weighted by Gasteiger charge is -2.08. The lowest BCUT2D eigenvalue weighted by molar-refractivity contribution is -0.384. The summed E-state index contributed by atoms with van der Waals surface area (Å²) in [5, 5.41) is 17.2. The van der Waals surface area contributed by atoms with E-state index in [2.05, 4.69) is 10.6 Å². The van der Waals surface area contributed by atoms with Gasteiger partial charge in [0.2, 0.25) is 0 Å². The van der Waals surface area contributed by atoms with E-state index in [1.54, 1.807) is 6.07 Å². The Bertz CT molecular complexity index is 392. The summed E-state index contributed by atoms with van der Waals surface area (Å²) in [5.41, 5.74) is 1.76. The van der Waals surface area contributed by atoms with Crippen molar-refractivity contribution in [2.45, 2.75) is 19.5 Å². The normalized spacial score (nSPS) is 19.9. The Hall–Kier alpha value is -1.62. The van der Waals surface area contributed by atoms with Crippen molar-refractivity contribution in [3.63, 3.8) is 0 Å². The predicted molar refractivity (Wildman–Crippen MR) is 57.9 cm³/mol. The van der Waals surface area contributed by atoms with Crippen LogP contribution in [0.15, 0.2) is 18.2 Å². The van der Waals surface area contributed by atoms with Crippen molar-refractivity contribution in [1.29, 1.82) is 0 Å². The third-order valence-corrected chi connectivity index (χ3v) is 2.55. The number of nitro benzene ring substituents is 1. The fourth-order valence-electron chi connectivity index (χ4n) is 1.70. The number of benzene rings is 1. The third kappa shape index (κ3) is 1.92. The molecule has 1 aromatic rings. The van der Waals surface area contributed by atoms with Gasteiger partial charge in [-0.25, -0.2) is 0 Å². The predicted octanol–water partition coefficient (Wildman–Crippen LogP) is 1.50. The molecule has 0 aromatic heterocycles. The second kappa shape index (κ2) is 3.86. The van der Waals surface area contributed by atoms with Crippen LogP contribution in [0, 0.1) is 10.1 Å². The van der Waals surface area contributed by atoms with Gasteiger partial charge in [-0.2, -0.15) is 0 Å². The maximum Gasteiger partial charge on any atom is 0.292 e. The van der Waals surface area contributed by atoms with Gasteiger partial charge < -0.3 is 10.6 Å². The molecule has 80 valence electrons. The molecule has 5 nitrogen and oxygen atoms in total. The molecule has 0 spiro atoms. The van der Waals surface area contributed by atoms with Gasteiger partial charge >= 0.3 is 0 Å². The van der Waals surface area contributed by atoms with Gasteiger partial charge in [0.05, 0.1) is 4.92 Å². The van der Waals surface area contributed by atoms with E-state index in [4.69, 9.17) is 0 Å². The van der Waals surface area contributed by atoms with Crippen LogP contribution >= 0.6 is 0 Å². The summed E-state index contributed by atoms with van der Waals surface area (Å²) in [6.07, 6.45) is 0. The van der Waals surface area contributed by atoms with Crippen LogP contribution < -0.4 is 10.6 Å². The van der Waals surface area contributed by atoms with Gasteiger partial charge in [0.15, 0.2) is 0 Å². The number of nitro groups is 1. The number of nitrogens with zero attached hydrogens (tertiary/aromatic N) is 1. The quantitative estimate of drug-likeness (QED) is 0.541. The van der Waals surface area contributed by atoms with Crippen molar-refractivity contribution < 1.29 is 4.92 Å². The zero-order valence-corrected chi connectivity index (χ0v) is 8.49. The van der Waals surface area contributed by atoms with Crippen LogP contribution in [0.5, 0.6) is 0 Å². The standard InChI is InChI=1S/C10H13N3O2/c1-7-5-12-10-8(6-11-7)3-2-4-9(10)13(14)15/h2-4,7,11-12H,5-6H2,1H3. The van der Waals surface area contributed by atoms with Crippen LogP contribution in [-0.2, 0) is 6.54 Å². The lowest BCUT2D eigenvalue weighted by Crippen LogP contribution is -2.29. The number of hydrogen-bond donors (Lipinski definition) is 2. The second-order valence-corrected chi connectivity index (χ2v) is 3.73. The van der Waals surface area contributed by atoms with Crippen molar-refractivity contribution in [3.8, 4) is 0 Å². The third-order valence-electron chi connectivity index (χ3n) is 2.55. The van der Waals surface area contributed by atoms with Crippen LogP contribution in [0.1, 0.15) is 12.5 Å². The Labute approximate surface area is 87.6 Å². The largest absolute Gasteiger partial charge is 0.378 e. The van der Waals surface area contributed by atoms with Gasteiger partial charge in [0, 0.05) is 25.2 Å². The van der Waals surface area contributed by atoms with Crippen molar-refractivity contribution in [2.24, 2.45) is 0 Å². The highest BCUT2D eigenvalue weighted by molar-refractivity contribution is 5.66. The Morgan fingerprint density at radius 1 is 1.53 bits per heavy atom. The van der Waals surface area contributed by atoms with Gasteiger partial charge in [-0.3, -0.25) is 10.1 Å². The summed E-state index contributed by atoms with van der Waals surface area (Å²) < 4.78 is 0. The van der Waals surface area contributed by atoms with E-state index >= 15 is 0 Å². The van der Waals surface area contributed by atoms with Crippen LogP contribution in [-0.4, -0.2) is 17.5 Å². The minimum atomic E-state index is -0.345. The first-order chi connectivity index (χ1) is 7.18. The van der Waals surface area contributed by atoms with Gasteiger partial charge in [-0.1, -0.05) is 12.1 Å². The first-order valence-electron chi connectivity index (χ1n) is 4.92. The van der Waals surface area contributed by atoms with E-state index in [-0.39, 0.29) is 10.6 Å². The number of hydrogen-bond acceptors (Lipinski definition) is 4. The number of fused-ring (bicyclic) bond motifs is 1. The molecule has 2 N–H and O–H groups in total. The van der Waals surface area contributed by atoms with E-state index in [0.29, 0.717) is 24.8 Å². The number of nitrogens with one attached hydrogen (secondary N) is 2. The molecule has 1 aliphatic heterocycles. The first kappa shape index (κ1) is 9.92. The van der Waals surface area contributed by atoms with Crippen LogP contribution in [0.3, 0.4) is 0 Å². The highest BCUT2D eigenvalue weighted by atomic mass is 16.6. The molecule has 1 unspecified atom stereocenters. The molecule has 0 fully saturated rings. The van der Waals surface area contributed by atoms with Crippen molar-refractivity contribution in [2.75, 3.05) is 11.9 Å². The van der Waals surface area contributed by atoms with Crippen molar-refractivity contribution in [3.05, 3.63) is 33.9 Å². The lowest BCUT2D eigenvalue weighted by atomic mass is 10.1. The van der Waals surface area contributed by atoms with Gasteiger partial charge in [0.25, 0.3) is 5.69 Å². The maximum absolute atomic E-state index is 10.8. The molecule has 1 aromatic carbocycles. The monoisotopic (exact) mass is 207 g/mol. The average molecular weight is 207 g/mol. The Morgan fingerprint density at radius 3 is 3.07 bits per heavy atom. The molecule has 1 atom stereocenters. The summed E-state index contributed by atoms with van der Waals surface area (Å²) >= 11 is 0. The Kier molecular flexibility index (Phi) is 2.55. The van der Waals surface area contributed by atoms with E-state index < -0.39 is 0 Å². The van der Waals surface area contributed by atoms with Crippen molar-refractivity contribution in [1.82, 2.24) is 5.32 Å². The average Bonchev–Trinajstić information content (AvgIpc) is 2.40. The fourth-order valence-corrected chi connectivity index (χ4v) is 1.70. The first-order valence-corrected chi connectivity index (χ1v) is 4.92. The molecule has 1 heterocycles. The van der Waals surface area contributed by atoms with Crippen LogP contribution in [0.25, 0.3) is 0 Å². The highest BCUT2D eigenvalue weighted by Crippen LogP contribution is 2.29. The summed E-state index contributed by atoms with van der Waals surface area (Å²) in [7, 11) is 0. The zero-order valence-electron chi connectivity index (χ0n) is 8.49. The summed E-state index contributed by atoms with van der Waals surface area (Å²) in [5.74, 6) is 0. The molecule has 0 amide bonds. The van der Waals surface area contributed by atoms with Crippen LogP contribution in [0.4, 0.5) is 11.4 Å². The Morgan fingerprint density at radius 2 is 2.33 bits per heavy atom. The maximum atomic E-state index is 10.8. The summed E-state index contributed by atoms with van der Waals surface area (Å²) in [6, 6.07) is 5.47. The molecular formula is C10H13N3O2. The van der Waals surface area contributed by atoms with Gasteiger partial charge in [-0.05, 0) is 12.5 Å². The molecule has 0 radical (unpaired) electrons. The van der Waals surface area contributed by atoms with Gasteiger partial charge in [-0.15, -0.1) is 0 Å². The molecule has 1 aliphatic rings. The summed E-state index contributed by atoms with van der Waals surface area (Å²) in [6.45, 7) is 3.42. The number of rotatable bonds is 1. The van der Waals surface area contributed by atoms with E-state index in [1.165, 1.54) is 6.07 Å². The van der Waals surface area contributed by atoms with E-state index in [1.807, 2.05) is 13.0 Å². The fraction of sp³-hybridized carbons (Fsp3) is 0.400. The minimum absolute atomic E-state index is 0.156. The zero-order chi connectivity index (χ0) is 10.8. The van der Waals surface area contributed by atoms with Crippen LogP contribution in [0.2, 0.25) is 0 Å². The molecule has 15 heavy (non-hydrogen) atoms. The van der Waals surface area contributed by atoms with Crippen molar-refractivity contribution >= 4 is 11.4 Å². The Balaban J connectivity index is 2.42. The second-order valence-electron chi connectivity index (χ2n) is 3.73. The number of anilines is 1. The minimum Gasteiger partial charge on any atom is -0.378 e. The van der Waals surface area contributed by atoms with Gasteiger partial charge in [0.1, 0.15) is 5.69 Å². The molecule has 2 rings (SSSR count). The topological polar surface area (TPSA) is 67.2 Å². The molecule has 0 saturated carbocycles. The summed E-state index contributed by atoms with van der Waals surface area (Å²) in [4.78, 5) is 10.5. The van der Waals surface area contributed by atoms with E-state index in [0.717, 1.165) is 5.56 Å².